The van der Waals surface area contributed by atoms with Crippen molar-refractivity contribution in [1.82, 2.24) is 0 Å². The standard InChI is InChI=1S/C12H8Cl2O4S/c13-9-5-7(1-3-11(9)15)19(17,18)8-2-4-12(16)10(14)6-8/h1-6,15-16H. The van der Waals surface area contributed by atoms with E-state index < -0.39 is 9.84 Å². The second kappa shape index (κ2) is 4.92. The molecule has 0 saturated carbocycles. The maximum absolute atomic E-state index is 12.3. The maximum atomic E-state index is 12.3. The van der Waals surface area contributed by atoms with Gasteiger partial charge in [-0.25, -0.2) is 8.42 Å². The minimum absolute atomic E-state index is 0.0639. The molecule has 0 bridgehead atoms. The van der Waals surface area contributed by atoms with Gasteiger partial charge in [0, 0.05) is 0 Å². The van der Waals surface area contributed by atoms with Gasteiger partial charge in [0.05, 0.1) is 19.8 Å². The predicted molar refractivity (Wildman–Crippen MR) is 71.7 cm³/mol. The molecule has 0 saturated heterocycles. The van der Waals surface area contributed by atoms with Crippen molar-refractivity contribution >= 4 is 33.0 Å². The van der Waals surface area contributed by atoms with Crippen LogP contribution >= 0.6 is 23.2 Å². The maximum Gasteiger partial charge on any atom is 0.206 e. The number of aromatic hydroxyl groups is 2. The Balaban J connectivity index is 2.58. The van der Waals surface area contributed by atoms with Crippen LogP contribution in [-0.2, 0) is 9.84 Å². The Morgan fingerprint density at radius 2 is 1.16 bits per heavy atom. The van der Waals surface area contributed by atoms with E-state index in [0.29, 0.717) is 0 Å². The molecule has 2 N–H and O–H groups in total. The summed E-state index contributed by atoms with van der Waals surface area (Å²) in [6.07, 6.45) is 0. The zero-order chi connectivity index (χ0) is 14.2. The molecule has 19 heavy (non-hydrogen) atoms. The Morgan fingerprint density at radius 3 is 1.47 bits per heavy atom. The Morgan fingerprint density at radius 1 is 0.789 bits per heavy atom. The summed E-state index contributed by atoms with van der Waals surface area (Å²) in [5, 5.41) is 18.4. The smallest absolute Gasteiger partial charge is 0.206 e. The van der Waals surface area contributed by atoms with Crippen molar-refractivity contribution in [1.29, 1.82) is 0 Å². The number of phenolic OH excluding ortho intramolecular Hbond substituents is 2. The molecule has 0 radical (unpaired) electrons. The highest BCUT2D eigenvalue weighted by Gasteiger charge is 2.20. The molecule has 2 aromatic rings. The van der Waals surface area contributed by atoms with Crippen LogP contribution in [0.3, 0.4) is 0 Å². The van der Waals surface area contributed by atoms with Crippen LogP contribution in [0.5, 0.6) is 11.5 Å². The molecule has 0 heterocycles. The molecule has 4 nitrogen and oxygen atoms in total. The van der Waals surface area contributed by atoms with Gasteiger partial charge in [0.15, 0.2) is 0 Å². The fraction of sp³-hybridized carbons (Fsp3) is 0. The van der Waals surface area contributed by atoms with Gasteiger partial charge in [-0.15, -0.1) is 0 Å². The summed E-state index contributed by atoms with van der Waals surface area (Å²) >= 11 is 11.4. The van der Waals surface area contributed by atoms with Crippen molar-refractivity contribution < 1.29 is 18.6 Å². The Labute approximate surface area is 119 Å². The highest BCUT2D eigenvalue weighted by atomic mass is 35.5. The van der Waals surface area contributed by atoms with E-state index in [0.717, 1.165) is 12.1 Å². The fourth-order valence-corrected chi connectivity index (χ4v) is 3.25. The molecule has 100 valence electrons. The molecule has 2 aromatic carbocycles. The van der Waals surface area contributed by atoms with Gasteiger partial charge in [-0.2, -0.15) is 0 Å². The minimum atomic E-state index is -3.81. The molecule has 0 aromatic heterocycles. The SMILES string of the molecule is O=S(=O)(c1ccc(O)c(Cl)c1)c1ccc(O)c(Cl)c1. The second-order valence-electron chi connectivity index (χ2n) is 3.73. The lowest BCUT2D eigenvalue weighted by Gasteiger charge is -2.07. The number of phenols is 2. The zero-order valence-electron chi connectivity index (χ0n) is 9.34. The Kier molecular flexibility index (Phi) is 3.62. The van der Waals surface area contributed by atoms with Gasteiger partial charge in [0.1, 0.15) is 11.5 Å². The molecule has 0 spiro atoms. The third-order valence-corrected chi connectivity index (χ3v) is 4.81. The summed E-state index contributed by atoms with van der Waals surface area (Å²) in [5.74, 6) is -0.409. The van der Waals surface area contributed by atoms with Gasteiger partial charge in [-0.1, -0.05) is 23.2 Å². The van der Waals surface area contributed by atoms with Crippen LogP contribution in [0, 0.1) is 0 Å². The average molecular weight is 319 g/mol. The van der Waals surface area contributed by atoms with E-state index in [-0.39, 0.29) is 31.3 Å². The van der Waals surface area contributed by atoms with Crippen molar-refractivity contribution in [3.63, 3.8) is 0 Å². The van der Waals surface area contributed by atoms with E-state index in [1.807, 2.05) is 0 Å². The van der Waals surface area contributed by atoms with Gasteiger partial charge in [-0.05, 0) is 36.4 Å². The zero-order valence-corrected chi connectivity index (χ0v) is 11.7. The Hall–Kier alpha value is -1.43. The molecular formula is C12H8Cl2O4S. The lowest BCUT2D eigenvalue weighted by Crippen LogP contribution is -2.01. The van der Waals surface area contributed by atoms with Crippen molar-refractivity contribution in [2.75, 3.05) is 0 Å². The largest absolute Gasteiger partial charge is 0.506 e. The molecule has 2 rings (SSSR count). The summed E-state index contributed by atoms with van der Waals surface area (Å²) in [6, 6.07) is 7.14. The van der Waals surface area contributed by atoms with Crippen LogP contribution in [-0.4, -0.2) is 18.6 Å². The molecule has 0 aliphatic heterocycles. The van der Waals surface area contributed by atoms with Crippen LogP contribution < -0.4 is 0 Å². The number of halogens is 2. The van der Waals surface area contributed by atoms with E-state index in [2.05, 4.69) is 0 Å². The van der Waals surface area contributed by atoms with E-state index >= 15 is 0 Å². The Bertz CT molecular complexity index is 684. The van der Waals surface area contributed by atoms with Crippen LogP contribution in [0.25, 0.3) is 0 Å². The van der Waals surface area contributed by atoms with Gasteiger partial charge < -0.3 is 10.2 Å². The summed E-state index contributed by atoms with van der Waals surface area (Å²) in [5.41, 5.74) is 0. The van der Waals surface area contributed by atoms with Crippen molar-refractivity contribution in [3.8, 4) is 11.5 Å². The van der Waals surface area contributed by atoms with Gasteiger partial charge in [0.2, 0.25) is 9.84 Å². The first kappa shape index (κ1) is 14.0. The molecule has 0 amide bonds. The number of hydrogen-bond donors (Lipinski definition) is 2. The van der Waals surface area contributed by atoms with Gasteiger partial charge >= 0.3 is 0 Å². The quantitative estimate of drug-likeness (QED) is 0.891. The molecule has 7 heteroatoms. The number of rotatable bonds is 2. The molecule has 0 aliphatic rings. The van der Waals surface area contributed by atoms with E-state index in [1.165, 1.54) is 24.3 Å². The molecule has 0 atom stereocenters. The van der Waals surface area contributed by atoms with E-state index in [4.69, 9.17) is 23.2 Å². The van der Waals surface area contributed by atoms with Crippen molar-refractivity contribution in [2.45, 2.75) is 9.79 Å². The lowest BCUT2D eigenvalue weighted by atomic mass is 10.3. The summed E-state index contributed by atoms with van der Waals surface area (Å²) in [7, 11) is -3.81. The van der Waals surface area contributed by atoms with Crippen molar-refractivity contribution in [3.05, 3.63) is 46.4 Å². The second-order valence-corrected chi connectivity index (χ2v) is 6.49. The van der Waals surface area contributed by atoms with E-state index in [1.54, 1.807) is 0 Å². The molecule has 0 fully saturated rings. The number of benzene rings is 2. The van der Waals surface area contributed by atoms with Crippen LogP contribution in [0.2, 0.25) is 10.0 Å². The summed E-state index contributed by atoms with van der Waals surface area (Å²) in [6.45, 7) is 0. The van der Waals surface area contributed by atoms with Crippen LogP contribution in [0.1, 0.15) is 0 Å². The normalized spacial score (nSPS) is 11.5. The lowest BCUT2D eigenvalue weighted by molar-refractivity contribution is 0.474. The molecule has 0 unspecified atom stereocenters. The first-order valence-corrected chi connectivity index (χ1v) is 7.28. The minimum Gasteiger partial charge on any atom is -0.506 e. The predicted octanol–water partition coefficient (Wildman–Crippen LogP) is 3.24. The van der Waals surface area contributed by atoms with E-state index in [9.17, 15) is 18.6 Å². The van der Waals surface area contributed by atoms with Crippen molar-refractivity contribution in [2.24, 2.45) is 0 Å². The highest BCUT2D eigenvalue weighted by Crippen LogP contribution is 2.32. The fourth-order valence-electron chi connectivity index (χ4n) is 1.45. The third kappa shape index (κ3) is 2.63. The number of hydrogen-bond acceptors (Lipinski definition) is 4. The highest BCUT2D eigenvalue weighted by molar-refractivity contribution is 7.91. The molecule has 0 aliphatic carbocycles. The summed E-state index contributed by atoms with van der Waals surface area (Å²) in [4.78, 5) is -0.144. The van der Waals surface area contributed by atoms with Crippen LogP contribution in [0.15, 0.2) is 46.2 Å². The third-order valence-electron chi connectivity index (χ3n) is 2.46. The van der Waals surface area contributed by atoms with Crippen LogP contribution in [0.4, 0.5) is 0 Å². The van der Waals surface area contributed by atoms with Gasteiger partial charge in [-0.3, -0.25) is 0 Å². The first-order valence-electron chi connectivity index (χ1n) is 5.04. The average Bonchev–Trinajstić information content (AvgIpc) is 2.35. The summed E-state index contributed by atoms with van der Waals surface area (Å²) < 4.78 is 24.6. The monoisotopic (exact) mass is 318 g/mol. The van der Waals surface area contributed by atoms with Gasteiger partial charge in [0.25, 0.3) is 0 Å². The topological polar surface area (TPSA) is 74.6 Å². The molecular weight excluding hydrogens is 311 g/mol. The number of sulfone groups is 1. The first-order chi connectivity index (χ1) is 8.82.